The minimum Gasteiger partial charge on any atom is -0.361 e. The molecule has 1 heterocycles. The van der Waals surface area contributed by atoms with Crippen molar-refractivity contribution in [3.05, 3.63) is 35.8 Å². The summed E-state index contributed by atoms with van der Waals surface area (Å²) in [6.45, 7) is 5.15. The van der Waals surface area contributed by atoms with Gasteiger partial charge in [0.25, 0.3) is 0 Å². The first-order chi connectivity index (χ1) is 11.9. The van der Waals surface area contributed by atoms with Gasteiger partial charge in [-0.3, -0.25) is 4.99 Å². The summed E-state index contributed by atoms with van der Waals surface area (Å²) < 4.78 is 36.2. The molecular formula is C17H26FIN4O2S. The highest BCUT2D eigenvalue weighted by atomic mass is 127. The number of halogens is 2. The van der Waals surface area contributed by atoms with Crippen LogP contribution in [-0.4, -0.2) is 50.5 Å². The maximum atomic E-state index is 13.2. The lowest BCUT2D eigenvalue weighted by Crippen LogP contribution is -2.38. The van der Waals surface area contributed by atoms with Gasteiger partial charge in [0.2, 0.25) is 0 Å². The van der Waals surface area contributed by atoms with Gasteiger partial charge in [0, 0.05) is 35.9 Å². The van der Waals surface area contributed by atoms with E-state index in [1.165, 1.54) is 12.1 Å². The highest BCUT2D eigenvalue weighted by Gasteiger charge is 2.07. The molecule has 9 heteroatoms. The summed E-state index contributed by atoms with van der Waals surface area (Å²) >= 11 is 0. The lowest BCUT2D eigenvalue weighted by molar-refractivity contribution is 0.597. The summed E-state index contributed by atoms with van der Waals surface area (Å²) in [5.74, 6) is 0.518. The number of rotatable bonds is 8. The molecule has 0 unspecified atom stereocenters. The molecule has 0 saturated carbocycles. The minimum atomic E-state index is -3.01. The largest absolute Gasteiger partial charge is 0.361 e. The molecule has 0 bridgehead atoms. The van der Waals surface area contributed by atoms with Gasteiger partial charge in [0.15, 0.2) is 15.8 Å². The molecule has 0 radical (unpaired) electrons. The van der Waals surface area contributed by atoms with Crippen LogP contribution < -0.4 is 10.6 Å². The van der Waals surface area contributed by atoms with Crippen molar-refractivity contribution in [2.75, 3.05) is 31.1 Å². The average Bonchev–Trinajstić information content (AvgIpc) is 2.97. The molecule has 1 aromatic heterocycles. The van der Waals surface area contributed by atoms with E-state index >= 15 is 0 Å². The number of nitrogens with zero attached hydrogens (tertiary/aromatic N) is 1. The Morgan fingerprint density at radius 2 is 2.04 bits per heavy atom. The van der Waals surface area contributed by atoms with E-state index in [1.54, 1.807) is 13.0 Å². The number of aliphatic imine (C=N–C) groups is 1. The summed E-state index contributed by atoms with van der Waals surface area (Å²) in [5.41, 5.74) is 1.87. The summed E-state index contributed by atoms with van der Waals surface area (Å²) in [6.07, 6.45) is 2.62. The number of H-pyrrole nitrogens is 1. The van der Waals surface area contributed by atoms with Crippen molar-refractivity contribution in [3.8, 4) is 0 Å². The van der Waals surface area contributed by atoms with Gasteiger partial charge in [-0.1, -0.05) is 6.92 Å². The quantitative estimate of drug-likeness (QED) is 0.298. The maximum Gasteiger partial charge on any atom is 0.191 e. The summed E-state index contributed by atoms with van der Waals surface area (Å²) in [5, 5.41) is 7.29. The van der Waals surface area contributed by atoms with Crippen LogP contribution in [0.3, 0.4) is 0 Å². The van der Waals surface area contributed by atoms with Gasteiger partial charge in [0.1, 0.15) is 5.82 Å². The van der Waals surface area contributed by atoms with Crippen LogP contribution in [0.1, 0.15) is 19.4 Å². The van der Waals surface area contributed by atoms with Crippen molar-refractivity contribution in [3.63, 3.8) is 0 Å². The number of hydrogen-bond acceptors (Lipinski definition) is 3. The Labute approximate surface area is 171 Å². The molecule has 26 heavy (non-hydrogen) atoms. The third kappa shape index (κ3) is 6.75. The van der Waals surface area contributed by atoms with Crippen LogP contribution in [0.25, 0.3) is 10.9 Å². The van der Waals surface area contributed by atoms with Crippen molar-refractivity contribution in [1.82, 2.24) is 15.6 Å². The summed E-state index contributed by atoms with van der Waals surface area (Å²) in [7, 11) is -3.01. The predicted octanol–water partition coefficient (Wildman–Crippen LogP) is 2.46. The second-order valence-electron chi connectivity index (χ2n) is 5.68. The zero-order chi connectivity index (χ0) is 18.3. The number of benzene rings is 1. The zero-order valence-corrected chi connectivity index (χ0v) is 18.2. The Morgan fingerprint density at radius 3 is 2.73 bits per heavy atom. The van der Waals surface area contributed by atoms with E-state index < -0.39 is 9.84 Å². The third-order valence-electron chi connectivity index (χ3n) is 3.87. The van der Waals surface area contributed by atoms with E-state index in [0.29, 0.717) is 19.0 Å². The summed E-state index contributed by atoms with van der Waals surface area (Å²) in [6, 6.07) is 4.70. The van der Waals surface area contributed by atoms with Crippen LogP contribution in [0.4, 0.5) is 4.39 Å². The Morgan fingerprint density at radius 1 is 1.27 bits per heavy atom. The first kappa shape index (κ1) is 22.7. The van der Waals surface area contributed by atoms with Gasteiger partial charge < -0.3 is 15.6 Å². The Kier molecular flexibility index (Phi) is 9.34. The van der Waals surface area contributed by atoms with Crippen LogP contribution in [-0.2, 0) is 16.3 Å². The van der Waals surface area contributed by atoms with Gasteiger partial charge in [-0.2, -0.15) is 0 Å². The topological polar surface area (TPSA) is 86.3 Å². The molecule has 0 aliphatic carbocycles. The fourth-order valence-electron chi connectivity index (χ4n) is 2.46. The van der Waals surface area contributed by atoms with Gasteiger partial charge in [-0.25, -0.2) is 12.8 Å². The molecule has 0 saturated heterocycles. The van der Waals surface area contributed by atoms with Crippen molar-refractivity contribution in [2.45, 2.75) is 20.3 Å². The minimum absolute atomic E-state index is 0. The molecule has 0 aliphatic heterocycles. The van der Waals surface area contributed by atoms with E-state index in [1.807, 2.05) is 13.1 Å². The van der Waals surface area contributed by atoms with Crippen LogP contribution in [0, 0.1) is 5.82 Å². The standard InChI is InChI=1S/C17H25FN4O2S.HI/c1-3-19-17(21-9-10-25(23,24)4-2)20-8-7-13-12-22-16-11-14(18)5-6-15(13)16;/h5-6,11-12,22H,3-4,7-10H2,1-2H3,(H2,19,20,21);1H. The van der Waals surface area contributed by atoms with E-state index in [2.05, 4.69) is 20.6 Å². The molecule has 2 rings (SSSR count). The second kappa shape index (κ2) is 10.7. The van der Waals surface area contributed by atoms with Crippen LogP contribution in [0.2, 0.25) is 0 Å². The molecule has 1 aromatic carbocycles. The highest BCUT2D eigenvalue weighted by molar-refractivity contribution is 14.0. The maximum absolute atomic E-state index is 13.2. The lowest BCUT2D eigenvalue weighted by atomic mass is 10.1. The van der Waals surface area contributed by atoms with E-state index in [0.717, 1.165) is 22.9 Å². The number of hydrogen-bond donors (Lipinski definition) is 3. The Bertz CT molecular complexity index is 836. The Balaban J connectivity index is 0.00000338. The monoisotopic (exact) mass is 496 g/mol. The third-order valence-corrected chi connectivity index (χ3v) is 5.56. The van der Waals surface area contributed by atoms with Crippen LogP contribution in [0.5, 0.6) is 0 Å². The molecule has 2 aromatic rings. The fraction of sp³-hybridized carbons (Fsp3) is 0.471. The van der Waals surface area contributed by atoms with Gasteiger partial charge >= 0.3 is 0 Å². The van der Waals surface area contributed by atoms with Gasteiger partial charge in [-0.15, -0.1) is 24.0 Å². The number of aromatic nitrogens is 1. The van der Waals surface area contributed by atoms with E-state index in [-0.39, 0.29) is 47.8 Å². The lowest BCUT2D eigenvalue weighted by Gasteiger charge is -2.11. The smallest absolute Gasteiger partial charge is 0.191 e. The first-order valence-corrected chi connectivity index (χ1v) is 10.3. The number of guanidine groups is 1. The van der Waals surface area contributed by atoms with Gasteiger partial charge in [-0.05, 0) is 37.1 Å². The first-order valence-electron chi connectivity index (χ1n) is 8.43. The number of nitrogens with one attached hydrogen (secondary N) is 3. The molecule has 0 atom stereocenters. The number of fused-ring (bicyclic) bond motifs is 1. The summed E-state index contributed by atoms with van der Waals surface area (Å²) in [4.78, 5) is 7.37. The molecule has 0 fully saturated rings. The Hall–Kier alpha value is -1.36. The van der Waals surface area contributed by atoms with Crippen molar-refractivity contribution in [1.29, 1.82) is 0 Å². The SMILES string of the molecule is CCNC(=NCCS(=O)(=O)CC)NCCc1c[nH]c2cc(F)ccc12.I. The average molecular weight is 496 g/mol. The normalized spacial score (nSPS) is 12.0. The zero-order valence-electron chi connectivity index (χ0n) is 15.0. The van der Waals surface area contributed by atoms with Crippen molar-refractivity contribution < 1.29 is 12.8 Å². The molecule has 3 N–H and O–H groups in total. The van der Waals surface area contributed by atoms with Crippen molar-refractivity contribution in [2.24, 2.45) is 4.99 Å². The van der Waals surface area contributed by atoms with Gasteiger partial charge in [0.05, 0.1) is 12.3 Å². The molecule has 146 valence electrons. The molecule has 0 spiro atoms. The highest BCUT2D eigenvalue weighted by Crippen LogP contribution is 2.19. The van der Waals surface area contributed by atoms with Crippen LogP contribution >= 0.6 is 24.0 Å². The predicted molar refractivity (Wildman–Crippen MR) is 116 cm³/mol. The van der Waals surface area contributed by atoms with Crippen LogP contribution in [0.15, 0.2) is 29.4 Å². The molecule has 6 nitrogen and oxygen atoms in total. The molecule has 0 aliphatic rings. The molecular weight excluding hydrogens is 470 g/mol. The van der Waals surface area contributed by atoms with E-state index in [4.69, 9.17) is 0 Å². The fourth-order valence-corrected chi connectivity index (χ4v) is 3.12. The molecule has 0 amide bonds. The second-order valence-corrected chi connectivity index (χ2v) is 8.15. The number of aromatic amines is 1. The number of sulfone groups is 1. The van der Waals surface area contributed by atoms with Crippen molar-refractivity contribution >= 4 is 50.7 Å². The van der Waals surface area contributed by atoms with E-state index in [9.17, 15) is 12.8 Å².